The van der Waals surface area contributed by atoms with Crippen LogP contribution in [-0.2, 0) is 4.79 Å². The summed E-state index contributed by atoms with van der Waals surface area (Å²) in [6, 6.07) is 10.1. The Labute approximate surface area is 189 Å². The van der Waals surface area contributed by atoms with E-state index in [9.17, 15) is 4.79 Å². The Hall–Kier alpha value is -3.75. The summed E-state index contributed by atoms with van der Waals surface area (Å²) in [7, 11) is 0. The maximum absolute atomic E-state index is 15.3. The molecule has 0 spiro atoms. The second-order valence-corrected chi connectivity index (χ2v) is 8.73. The highest BCUT2D eigenvalue weighted by atomic mass is 19.1. The highest BCUT2D eigenvalue weighted by Gasteiger charge is 2.32. The molecule has 1 saturated carbocycles. The van der Waals surface area contributed by atoms with Gasteiger partial charge in [-0.3, -0.25) is 9.89 Å². The molecular weight excluding hydrogens is 423 g/mol. The largest absolute Gasteiger partial charge is 0.357 e. The second-order valence-electron chi connectivity index (χ2n) is 8.73. The minimum Gasteiger partial charge on any atom is -0.357 e. The Kier molecular flexibility index (Phi) is 4.82. The summed E-state index contributed by atoms with van der Waals surface area (Å²) in [6.07, 6.45) is 6.30. The Morgan fingerprint density at radius 2 is 2.09 bits per heavy atom. The number of rotatable bonds is 5. The number of aromatic amines is 1. The minimum absolute atomic E-state index is 0.160. The Morgan fingerprint density at radius 3 is 2.94 bits per heavy atom. The fourth-order valence-electron chi connectivity index (χ4n) is 4.51. The van der Waals surface area contributed by atoms with Gasteiger partial charge in [-0.15, -0.1) is 0 Å². The highest BCUT2D eigenvalue weighted by Crippen LogP contribution is 2.40. The first-order valence-electron chi connectivity index (χ1n) is 11.3. The molecule has 2 aromatic carbocycles. The lowest BCUT2D eigenvalue weighted by Gasteiger charge is -2.36. The van der Waals surface area contributed by atoms with E-state index >= 15 is 4.39 Å². The van der Waals surface area contributed by atoms with Gasteiger partial charge in [0.25, 0.3) is 0 Å². The summed E-state index contributed by atoms with van der Waals surface area (Å²) in [4.78, 5) is 19.5. The van der Waals surface area contributed by atoms with Crippen molar-refractivity contribution in [2.24, 2.45) is 0 Å². The van der Waals surface area contributed by atoms with Gasteiger partial charge in [-0.2, -0.15) is 10.1 Å². The molecule has 9 heteroatoms. The van der Waals surface area contributed by atoms with Gasteiger partial charge < -0.3 is 14.7 Å². The lowest BCUT2D eigenvalue weighted by atomic mass is 9.99. The summed E-state index contributed by atoms with van der Waals surface area (Å²) in [5, 5.41) is 14.9. The molecule has 168 valence electrons. The van der Waals surface area contributed by atoms with Crippen molar-refractivity contribution in [3.63, 3.8) is 0 Å². The van der Waals surface area contributed by atoms with Crippen LogP contribution in [0, 0.1) is 5.82 Å². The Morgan fingerprint density at radius 1 is 1.18 bits per heavy atom. The summed E-state index contributed by atoms with van der Waals surface area (Å²) in [5.41, 5.74) is 2.41. The van der Waals surface area contributed by atoms with Crippen molar-refractivity contribution < 1.29 is 13.7 Å². The molecule has 3 heterocycles. The van der Waals surface area contributed by atoms with E-state index in [-0.39, 0.29) is 5.91 Å². The van der Waals surface area contributed by atoms with Crippen molar-refractivity contribution in [3.05, 3.63) is 54.3 Å². The van der Waals surface area contributed by atoms with E-state index in [0.29, 0.717) is 47.5 Å². The lowest BCUT2D eigenvalue weighted by molar-refractivity contribution is -0.117. The van der Waals surface area contributed by atoms with Gasteiger partial charge in [0.2, 0.25) is 17.6 Å². The van der Waals surface area contributed by atoms with E-state index in [4.69, 9.17) is 4.52 Å². The van der Waals surface area contributed by atoms with E-state index in [1.807, 2.05) is 23.1 Å². The zero-order chi connectivity index (χ0) is 22.4. The number of aromatic nitrogens is 4. The number of hydrogen-bond acceptors (Lipinski definition) is 6. The van der Waals surface area contributed by atoms with Crippen LogP contribution in [0.1, 0.15) is 43.9 Å². The minimum atomic E-state index is -0.469. The molecule has 1 aliphatic heterocycles. The van der Waals surface area contributed by atoms with E-state index in [2.05, 4.69) is 25.7 Å². The van der Waals surface area contributed by atoms with Crippen LogP contribution in [0.15, 0.2) is 47.1 Å². The van der Waals surface area contributed by atoms with Crippen LogP contribution >= 0.6 is 0 Å². The van der Waals surface area contributed by atoms with Crippen molar-refractivity contribution in [3.8, 4) is 11.4 Å². The molecule has 0 radical (unpaired) electrons. The number of nitrogens with one attached hydrogen (secondary N) is 2. The monoisotopic (exact) mass is 446 g/mol. The molecule has 4 aromatic rings. The molecule has 1 atom stereocenters. The van der Waals surface area contributed by atoms with Crippen LogP contribution in [0.4, 0.5) is 15.8 Å². The van der Waals surface area contributed by atoms with E-state index in [1.54, 1.807) is 18.3 Å². The first-order valence-corrected chi connectivity index (χ1v) is 11.3. The average molecular weight is 446 g/mol. The second kappa shape index (κ2) is 7.99. The number of benzene rings is 2. The molecule has 1 unspecified atom stereocenters. The Balaban J connectivity index is 1.25. The number of H-pyrrole nitrogens is 1. The number of amides is 1. The quantitative estimate of drug-likeness (QED) is 0.464. The third-order valence-electron chi connectivity index (χ3n) is 6.42. The smallest absolute Gasteiger partial charge is 0.247 e. The van der Waals surface area contributed by atoms with Crippen LogP contribution in [0.5, 0.6) is 0 Å². The number of nitrogens with zero attached hydrogens (tertiary/aromatic N) is 4. The van der Waals surface area contributed by atoms with Gasteiger partial charge in [0.1, 0.15) is 11.9 Å². The van der Waals surface area contributed by atoms with Gasteiger partial charge in [0, 0.05) is 23.4 Å². The van der Waals surface area contributed by atoms with Crippen molar-refractivity contribution in [1.29, 1.82) is 0 Å². The molecule has 8 nitrogen and oxygen atoms in total. The molecule has 2 aromatic heterocycles. The molecule has 0 bridgehead atoms. The van der Waals surface area contributed by atoms with Crippen LogP contribution < -0.4 is 10.2 Å². The standard InChI is InChI=1S/C24H23FN6O2/c25-17-12-15(22-28-24(33-30-22)14-7-8-14)9-10-19(17)31-11-2-1-6-20(31)23(32)27-18-5-3-4-16-13-26-29-21(16)18/h3-5,9-10,12-14,20H,1-2,6-8,11H2,(H,26,29)(H,27,32). The van der Waals surface area contributed by atoms with Gasteiger partial charge in [0.15, 0.2) is 0 Å². The molecule has 1 aliphatic carbocycles. The van der Waals surface area contributed by atoms with Crippen molar-refractivity contribution in [2.75, 3.05) is 16.8 Å². The molecule has 1 saturated heterocycles. The number of piperidine rings is 1. The molecule has 2 N–H and O–H groups in total. The molecule has 1 amide bonds. The number of hydrogen-bond donors (Lipinski definition) is 2. The summed E-state index contributed by atoms with van der Waals surface area (Å²) < 4.78 is 20.6. The van der Waals surface area contributed by atoms with Crippen molar-refractivity contribution in [2.45, 2.75) is 44.1 Å². The van der Waals surface area contributed by atoms with E-state index in [1.165, 1.54) is 6.07 Å². The van der Waals surface area contributed by atoms with Crippen LogP contribution in [0.25, 0.3) is 22.3 Å². The molecule has 2 fully saturated rings. The SMILES string of the molecule is O=C(Nc1cccc2cn[nH]c12)C1CCCCN1c1ccc(-c2noc(C3CC3)n2)cc1F. The van der Waals surface area contributed by atoms with Crippen molar-refractivity contribution in [1.82, 2.24) is 20.3 Å². The molecule has 6 rings (SSSR count). The van der Waals surface area contributed by atoms with Crippen LogP contribution in [0.3, 0.4) is 0 Å². The van der Waals surface area contributed by atoms with Gasteiger partial charge in [-0.05, 0) is 56.4 Å². The van der Waals surface area contributed by atoms with Crippen LogP contribution in [0.2, 0.25) is 0 Å². The van der Waals surface area contributed by atoms with Gasteiger partial charge in [-0.1, -0.05) is 17.3 Å². The number of fused-ring (bicyclic) bond motifs is 1. The van der Waals surface area contributed by atoms with Crippen LogP contribution in [-0.4, -0.2) is 38.8 Å². The fraction of sp³-hybridized carbons (Fsp3) is 0.333. The number of anilines is 2. The lowest BCUT2D eigenvalue weighted by Crippen LogP contribution is -2.47. The first kappa shape index (κ1) is 19.9. The van der Waals surface area contributed by atoms with E-state index < -0.39 is 11.9 Å². The molecular formula is C24H23FN6O2. The Bertz CT molecular complexity index is 1330. The highest BCUT2D eigenvalue weighted by molar-refractivity contribution is 6.03. The average Bonchev–Trinajstić information content (AvgIpc) is 3.36. The van der Waals surface area contributed by atoms with Gasteiger partial charge in [0.05, 0.1) is 23.1 Å². The predicted octanol–water partition coefficient (Wildman–Crippen LogP) is 4.63. The number of carbonyl (C=O) groups excluding carboxylic acids is 1. The zero-order valence-electron chi connectivity index (χ0n) is 17.9. The zero-order valence-corrected chi connectivity index (χ0v) is 17.9. The molecule has 33 heavy (non-hydrogen) atoms. The first-order chi connectivity index (χ1) is 16.2. The third-order valence-corrected chi connectivity index (χ3v) is 6.42. The fourth-order valence-corrected chi connectivity index (χ4v) is 4.51. The number of halogens is 1. The summed E-state index contributed by atoms with van der Waals surface area (Å²) in [5.74, 6) is 0.793. The summed E-state index contributed by atoms with van der Waals surface area (Å²) >= 11 is 0. The summed E-state index contributed by atoms with van der Waals surface area (Å²) in [6.45, 7) is 0.608. The number of para-hydroxylation sites is 1. The number of carbonyl (C=O) groups is 1. The van der Waals surface area contributed by atoms with Gasteiger partial charge >= 0.3 is 0 Å². The molecule has 2 aliphatic rings. The predicted molar refractivity (Wildman–Crippen MR) is 121 cm³/mol. The van der Waals surface area contributed by atoms with E-state index in [0.717, 1.165) is 36.6 Å². The maximum Gasteiger partial charge on any atom is 0.247 e. The maximum atomic E-state index is 15.3. The normalized spacial score (nSPS) is 18.6. The van der Waals surface area contributed by atoms with Gasteiger partial charge in [-0.25, -0.2) is 4.39 Å². The van der Waals surface area contributed by atoms with Crippen molar-refractivity contribution >= 4 is 28.2 Å². The topological polar surface area (TPSA) is 99.9 Å². The third kappa shape index (κ3) is 3.73.